The van der Waals surface area contributed by atoms with Crippen LogP contribution in [0.25, 0.3) is 10.9 Å². The van der Waals surface area contributed by atoms with E-state index in [-0.39, 0.29) is 16.8 Å². The molecule has 29 heavy (non-hydrogen) atoms. The van der Waals surface area contributed by atoms with Crippen molar-refractivity contribution in [1.29, 1.82) is 0 Å². The van der Waals surface area contributed by atoms with E-state index in [0.29, 0.717) is 30.6 Å². The average molecular weight is 418 g/mol. The highest BCUT2D eigenvalue weighted by atomic mass is 32.2. The third-order valence-corrected chi connectivity index (χ3v) is 7.10. The molecule has 1 N–H and O–H groups in total. The van der Waals surface area contributed by atoms with E-state index in [0.717, 1.165) is 11.3 Å². The monoisotopic (exact) mass is 417 g/mol. The number of hydrogen-bond donors (Lipinski definition) is 1. The summed E-state index contributed by atoms with van der Waals surface area (Å²) in [5, 5.41) is 3.68. The second-order valence-corrected chi connectivity index (χ2v) is 8.99. The molecule has 2 heterocycles. The van der Waals surface area contributed by atoms with E-state index in [1.54, 1.807) is 42.1 Å². The van der Waals surface area contributed by atoms with Crippen LogP contribution in [0.4, 0.5) is 0 Å². The molecule has 0 aliphatic heterocycles. The molecule has 0 radical (unpaired) electrons. The molecule has 0 aliphatic carbocycles. The van der Waals surface area contributed by atoms with Crippen LogP contribution >= 0.6 is 0 Å². The number of aromatic nitrogens is 1. The number of amides is 1. The topological polar surface area (TPSA) is 84.6 Å². The molecule has 0 saturated carbocycles. The van der Waals surface area contributed by atoms with E-state index in [1.165, 1.54) is 4.31 Å². The number of fused-ring (bicyclic) bond motifs is 1. The summed E-state index contributed by atoms with van der Waals surface area (Å²) in [5.41, 5.74) is 1.27. The molecule has 7 nitrogen and oxygen atoms in total. The van der Waals surface area contributed by atoms with Gasteiger partial charge in [-0.3, -0.25) is 4.79 Å². The van der Waals surface area contributed by atoms with Gasteiger partial charge >= 0.3 is 0 Å². The Morgan fingerprint density at radius 1 is 1.21 bits per heavy atom. The second kappa shape index (κ2) is 8.42. The Bertz CT molecular complexity index is 1100. The first-order chi connectivity index (χ1) is 13.8. The Labute approximate surface area is 171 Å². The summed E-state index contributed by atoms with van der Waals surface area (Å²) in [6, 6.07) is 10.3. The van der Waals surface area contributed by atoms with Gasteiger partial charge in [0, 0.05) is 43.5 Å². The Balaban J connectivity index is 1.86. The van der Waals surface area contributed by atoms with Gasteiger partial charge in [-0.2, -0.15) is 4.31 Å². The van der Waals surface area contributed by atoms with E-state index < -0.39 is 10.0 Å². The van der Waals surface area contributed by atoms with Crippen LogP contribution in [0.3, 0.4) is 0 Å². The summed E-state index contributed by atoms with van der Waals surface area (Å²) in [6.45, 7) is 6.36. The van der Waals surface area contributed by atoms with Crippen LogP contribution in [0.15, 0.2) is 52.0 Å². The number of hydrogen-bond acceptors (Lipinski definition) is 4. The van der Waals surface area contributed by atoms with Gasteiger partial charge in [-0.05, 0) is 43.3 Å². The normalized spacial score (nSPS) is 13.1. The van der Waals surface area contributed by atoms with Crippen LogP contribution in [0.1, 0.15) is 37.0 Å². The molecule has 1 atom stereocenters. The lowest BCUT2D eigenvalue weighted by atomic mass is 10.2. The molecular weight excluding hydrogens is 390 g/mol. The molecule has 0 spiro atoms. The van der Waals surface area contributed by atoms with Crippen molar-refractivity contribution in [2.24, 2.45) is 7.05 Å². The molecule has 156 valence electrons. The van der Waals surface area contributed by atoms with E-state index in [2.05, 4.69) is 5.32 Å². The summed E-state index contributed by atoms with van der Waals surface area (Å²) < 4.78 is 34.1. The highest BCUT2D eigenvalue weighted by Gasteiger charge is 2.23. The summed E-state index contributed by atoms with van der Waals surface area (Å²) in [4.78, 5) is 13.0. The number of nitrogens with zero attached hydrogens (tertiary/aromatic N) is 2. The van der Waals surface area contributed by atoms with Gasteiger partial charge in [-0.25, -0.2) is 8.42 Å². The van der Waals surface area contributed by atoms with Gasteiger partial charge in [0.15, 0.2) is 0 Å². The van der Waals surface area contributed by atoms with Gasteiger partial charge in [0.05, 0.1) is 11.2 Å². The summed E-state index contributed by atoms with van der Waals surface area (Å²) in [5.74, 6) is 0.594. The largest absolute Gasteiger partial charge is 0.469 e. The number of carbonyl (C=O) groups is 1. The zero-order valence-electron chi connectivity index (χ0n) is 17.2. The molecule has 0 fully saturated rings. The molecule has 0 aliphatic rings. The average Bonchev–Trinajstić information content (AvgIpc) is 3.30. The SMILES string of the molecule is CCN(CC)S(=O)(=O)c1ccc2c(c1)cc(C(=O)NC(C)Cc1ccco1)n2C. The Kier molecular flexibility index (Phi) is 6.14. The van der Waals surface area contributed by atoms with Gasteiger partial charge in [-0.15, -0.1) is 0 Å². The number of benzene rings is 1. The van der Waals surface area contributed by atoms with Gasteiger partial charge in [0.25, 0.3) is 5.91 Å². The van der Waals surface area contributed by atoms with Crippen LogP contribution in [0.2, 0.25) is 0 Å². The first kappa shape index (κ1) is 21.1. The molecule has 0 bridgehead atoms. The minimum Gasteiger partial charge on any atom is -0.469 e. The number of nitrogens with one attached hydrogen (secondary N) is 1. The van der Waals surface area contributed by atoms with E-state index in [9.17, 15) is 13.2 Å². The van der Waals surface area contributed by atoms with Crippen LogP contribution in [-0.2, 0) is 23.5 Å². The minimum absolute atomic E-state index is 0.106. The molecule has 1 amide bonds. The summed E-state index contributed by atoms with van der Waals surface area (Å²) in [7, 11) is -1.75. The van der Waals surface area contributed by atoms with Crippen LogP contribution < -0.4 is 5.32 Å². The zero-order chi connectivity index (χ0) is 21.2. The third kappa shape index (κ3) is 4.23. The highest BCUT2D eigenvalue weighted by molar-refractivity contribution is 7.89. The number of furan rings is 1. The quantitative estimate of drug-likeness (QED) is 0.610. The number of sulfonamides is 1. The fourth-order valence-corrected chi connectivity index (χ4v) is 4.99. The predicted molar refractivity (Wildman–Crippen MR) is 112 cm³/mol. The Hall–Kier alpha value is -2.58. The van der Waals surface area contributed by atoms with Crippen molar-refractivity contribution >= 4 is 26.8 Å². The third-order valence-electron chi connectivity index (χ3n) is 5.05. The lowest BCUT2D eigenvalue weighted by Gasteiger charge is -2.18. The lowest BCUT2D eigenvalue weighted by Crippen LogP contribution is -2.35. The molecule has 2 aromatic heterocycles. The Morgan fingerprint density at radius 3 is 2.55 bits per heavy atom. The van der Waals surface area contributed by atoms with Crippen molar-refractivity contribution in [3.63, 3.8) is 0 Å². The summed E-state index contributed by atoms with van der Waals surface area (Å²) in [6.07, 6.45) is 2.20. The maximum Gasteiger partial charge on any atom is 0.268 e. The van der Waals surface area contributed by atoms with E-state index in [4.69, 9.17) is 4.42 Å². The maximum absolute atomic E-state index is 12.8. The predicted octanol–water partition coefficient (Wildman–Crippen LogP) is 3.16. The molecule has 8 heteroatoms. The standard InChI is InChI=1S/C21H27N3O4S/c1-5-24(6-2)29(26,27)18-9-10-19-16(13-18)14-20(23(19)4)21(25)22-15(3)12-17-8-7-11-28-17/h7-11,13-15H,5-6,12H2,1-4H3,(H,22,25). The fourth-order valence-electron chi connectivity index (χ4n) is 3.50. The molecule has 0 saturated heterocycles. The zero-order valence-corrected chi connectivity index (χ0v) is 18.0. The molecule has 3 rings (SSSR count). The highest BCUT2D eigenvalue weighted by Crippen LogP contribution is 2.24. The van der Waals surface area contributed by atoms with Crippen LogP contribution in [0.5, 0.6) is 0 Å². The Morgan fingerprint density at radius 2 is 1.93 bits per heavy atom. The van der Waals surface area contributed by atoms with E-state index in [1.807, 2.05) is 32.9 Å². The van der Waals surface area contributed by atoms with Crippen molar-refractivity contribution < 1.29 is 17.6 Å². The fraction of sp³-hybridized carbons (Fsp3) is 0.381. The molecule has 1 unspecified atom stereocenters. The van der Waals surface area contributed by atoms with Gasteiger partial charge in [-0.1, -0.05) is 13.8 Å². The minimum atomic E-state index is -3.55. The van der Waals surface area contributed by atoms with Crippen molar-refractivity contribution in [1.82, 2.24) is 14.2 Å². The number of aryl methyl sites for hydroxylation is 1. The van der Waals surface area contributed by atoms with Gasteiger partial charge in [0.2, 0.25) is 10.0 Å². The van der Waals surface area contributed by atoms with Gasteiger partial charge in [0.1, 0.15) is 11.5 Å². The summed E-state index contributed by atoms with van der Waals surface area (Å²) >= 11 is 0. The smallest absolute Gasteiger partial charge is 0.268 e. The first-order valence-corrected chi connectivity index (χ1v) is 11.1. The van der Waals surface area contributed by atoms with Crippen LogP contribution in [-0.4, -0.2) is 42.3 Å². The van der Waals surface area contributed by atoms with Gasteiger partial charge < -0.3 is 14.3 Å². The number of carbonyl (C=O) groups excluding carboxylic acids is 1. The van der Waals surface area contributed by atoms with Crippen molar-refractivity contribution in [3.8, 4) is 0 Å². The lowest BCUT2D eigenvalue weighted by molar-refractivity contribution is 0.0931. The first-order valence-electron chi connectivity index (χ1n) is 9.70. The van der Waals surface area contributed by atoms with Crippen molar-refractivity contribution in [2.75, 3.05) is 13.1 Å². The maximum atomic E-state index is 12.8. The van der Waals surface area contributed by atoms with Crippen molar-refractivity contribution in [2.45, 2.75) is 38.1 Å². The number of rotatable bonds is 8. The van der Waals surface area contributed by atoms with E-state index >= 15 is 0 Å². The molecular formula is C21H27N3O4S. The van der Waals surface area contributed by atoms with Crippen LogP contribution in [0, 0.1) is 0 Å². The molecule has 1 aromatic carbocycles. The molecule has 3 aromatic rings. The second-order valence-electron chi connectivity index (χ2n) is 7.06. The van der Waals surface area contributed by atoms with Crippen molar-refractivity contribution in [3.05, 3.63) is 54.1 Å².